The molecule has 10 nitrogen and oxygen atoms in total. The SMILES string of the molecule is C=CN=C(N)c1ccc(C2CCC(COP(C)(O)(NCC(=O)OCC(CC)CCC)Oc3ccccc3)O2)n1C. The standard InChI is InChI=1S/C29H45N4O6P/c1-6-12-22(7-2)20-36-28(34)19-32-40(5,35,39-23-13-10-9-11-14-23)37-21-24-15-18-27(38-24)25-16-17-26(33(25)4)29(30)31-8-3/h8-11,13-14,16-17,22,24,27,32,35H,3,6-7,12,15,18-21H2,1-2,4-5H3,(H2,30,31). The van der Waals surface area contributed by atoms with Crippen LogP contribution in [0.4, 0.5) is 0 Å². The molecule has 4 N–H and O–H groups in total. The number of nitrogens with two attached hydrogens (primary N) is 1. The third-order valence-electron chi connectivity index (χ3n) is 7.05. The molecule has 0 aliphatic carbocycles. The molecule has 1 fully saturated rings. The molecule has 1 aromatic carbocycles. The average molecular weight is 577 g/mol. The van der Waals surface area contributed by atoms with Crippen LogP contribution in [0.2, 0.25) is 0 Å². The Bertz CT molecular complexity index is 1150. The van der Waals surface area contributed by atoms with Crippen molar-refractivity contribution in [1.82, 2.24) is 9.65 Å². The Kier molecular flexibility index (Phi) is 11.3. The van der Waals surface area contributed by atoms with Crippen LogP contribution in [0, 0.1) is 5.92 Å². The fourth-order valence-corrected chi connectivity index (χ4v) is 6.56. The van der Waals surface area contributed by atoms with Crippen LogP contribution < -0.4 is 15.3 Å². The molecule has 1 saturated heterocycles. The van der Waals surface area contributed by atoms with E-state index in [1.807, 2.05) is 29.8 Å². The monoisotopic (exact) mass is 576 g/mol. The minimum atomic E-state index is -4.51. The molecule has 40 heavy (non-hydrogen) atoms. The molecule has 11 heteroatoms. The molecule has 0 saturated carbocycles. The van der Waals surface area contributed by atoms with E-state index in [1.54, 1.807) is 24.3 Å². The van der Waals surface area contributed by atoms with E-state index >= 15 is 0 Å². The zero-order valence-electron chi connectivity index (χ0n) is 24.1. The second-order valence-corrected chi connectivity index (χ2v) is 13.7. The van der Waals surface area contributed by atoms with Crippen molar-refractivity contribution in [3.05, 3.63) is 66.6 Å². The van der Waals surface area contributed by atoms with E-state index in [4.69, 9.17) is 24.3 Å². The molecule has 222 valence electrons. The molecule has 1 aliphatic heterocycles. The van der Waals surface area contributed by atoms with Gasteiger partial charge in [-0.2, -0.15) is 0 Å². The van der Waals surface area contributed by atoms with Crippen LogP contribution in [0.3, 0.4) is 0 Å². The number of benzene rings is 1. The van der Waals surface area contributed by atoms with Gasteiger partial charge in [-0.15, -0.1) is 0 Å². The van der Waals surface area contributed by atoms with Crippen molar-refractivity contribution in [2.45, 2.75) is 58.2 Å². The van der Waals surface area contributed by atoms with Gasteiger partial charge >= 0.3 is 238 Å². The number of amidine groups is 1. The van der Waals surface area contributed by atoms with E-state index in [9.17, 15) is 9.69 Å². The Morgan fingerprint density at radius 3 is 2.73 bits per heavy atom. The normalized spacial score (nSPS) is 19.5. The number of esters is 1. The summed E-state index contributed by atoms with van der Waals surface area (Å²) < 4.78 is 25.8. The minimum absolute atomic E-state index is 0.0714. The van der Waals surface area contributed by atoms with Crippen molar-refractivity contribution in [2.24, 2.45) is 23.7 Å². The molecular formula is C29H45N4O6P. The summed E-state index contributed by atoms with van der Waals surface area (Å²) in [5.74, 6) is 0.634. The second kappa shape index (κ2) is 14.2. The van der Waals surface area contributed by atoms with Gasteiger partial charge in [-0.05, 0) is 0 Å². The summed E-state index contributed by atoms with van der Waals surface area (Å²) in [6.45, 7) is 9.42. The maximum atomic E-state index is 12.6. The predicted molar refractivity (Wildman–Crippen MR) is 159 cm³/mol. The number of rotatable bonds is 16. The summed E-state index contributed by atoms with van der Waals surface area (Å²) in [6, 6.07) is 12.7. The van der Waals surface area contributed by atoms with E-state index in [2.05, 4.69) is 30.5 Å². The van der Waals surface area contributed by atoms with Crippen molar-refractivity contribution in [1.29, 1.82) is 0 Å². The van der Waals surface area contributed by atoms with Gasteiger partial charge in [-0.25, -0.2) is 0 Å². The number of hydrogen-bond acceptors (Lipinski definition) is 8. The molecule has 2 aromatic rings. The van der Waals surface area contributed by atoms with Gasteiger partial charge in [0.25, 0.3) is 0 Å². The fourth-order valence-electron chi connectivity index (χ4n) is 4.73. The quantitative estimate of drug-likeness (QED) is 0.110. The molecule has 3 atom stereocenters. The third kappa shape index (κ3) is 8.88. The Morgan fingerprint density at radius 2 is 2.05 bits per heavy atom. The van der Waals surface area contributed by atoms with Crippen molar-refractivity contribution in [3.63, 3.8) is 0 Å². The Hall–Kier alpha value is -2.75. The second-order valence-electron chi connectivity index (χ2n) is 10.3. The van der Waals surface area contributed by atoms with Gasteiger partial charge in [0.2, 0.25) is 0 Å². The molecule has 3 rings (SSSR count). The topological polar surface area (TPSA) is 130 Å². The van der Waals surface area contributed by atoms with Crippen LogP contribution in [0.5, 0.6) is 5.75 Å². The Labute approximate surface area is 237 Å². The number of para-hydroxylation sites is 1. The van der Waals surface area contributed by atoms with Crippen LogP contribution in [0.1, 0.15) is 63.4 Å². The van der Waals surface area contributed by atoms with Crippen LogP contribution in [0.25, 0.3) is 0 Å². The maximum absolute atomic E-state index is 12.6. The van der Waals surface area contributed by atoms with Gasteiger partial charge in [0.15, 0.2) is 0 Å². The summed E-state index contributed by atoms with van der Waals surface area (Å²) >= 11 is 0. The Morgan fingerprint density at radius 1 is 1.30 bits per heavy atom. The van der Waals surface area contributed by atoms with Crippen molar-refractivity contribution in [3.8, 4) is 5.75 Å². The van der Waals surface area contributed by atoms with Crippen LogP contribution in [0.15, 0.2) is 60.2 Å². The van der Waals surface area contributed by atoms with Gasteiger partial charge < -0.3 is 0 Å². The van der Waals surface area contributed by atoms with E-state index in [-0.39, 0.29) is 25.4 Å². The zero-order chi connectivity index (χ0) is 29.2. The third-order valence-corrected chi connectivity index (χ3v) is 9.33. The number of ether oxygens (including phenoxy) is 2. The summed E-state index contributed by atoms with van der Waals surface area (Å²) in [6.07, 6.45) is 5.40. The molecular weight excluding hydrogens is 531 g/mol. The van der Waals surface area contributed by atoms with Gasteiger partial charge in [0.05, 0.1) is 0 Å². The van der Waals surface area contributed by atoms with Crippen LogP contribution >= 0.6 is 7.43 Å². The molecule has 3 unspecified atom stereocenters. The van der Waals surface area contributed by atoms with E-state index in [0.29, 0.717) is 24.1 Å². The number of aromatic nitrogens is 1. The predicted octanol–water partition coefficient (Wildman–Crippen LogP) is 4.98. The van der Waals surface area contributed by atoms with E-state index in [1.165, 1.54) is 12.9 Å². The van der Waals surface area contributed by atoms with Gasteiger partial charge in [-0.3, -0.25) is 0 Å². The number of nitrogens with zero attached hydrogens (tertiary/aromatic N) is 2. The first-order valence-corrected chi connectivity index (χ1v) is 16.4. The molecule has 0 spiro atoms. The van der Waals surface area contributed by atoms with Gasteiger partial charge in [0.1, 0.15) is 0 Å². The molecule has 2 heterocycles. The first-order chi connectivity index (χ1) is 19.1. The molecule has 1 aliphatic rings. The fraction of sp³-hybridized carbons (Fsp3) is 0.517. The zero-order valence-corrected chi connectivity index (χ0v) is 25.0. The summed E-state index contributed by atoms with van der Waals surface area (Å²) in [7, 11) is -2.59. The summed E-state index contributed by atoms with van der Waals surface area (Å²) in [5.41, 5.74) is 7.79. The molecule has 1 aromatic heterocycles. The van der Waals surface area contributed by atoms with E-state index in [0.717, 1.165) is 43.5 Å². The van der Waals surface area contributed by atoms with Crippen LogP contribution in [-0.2, 0) is 25.8 Å². The van der Waals surface area contributed by atoms with Crippen molar-refractivity contribution in [2.75, 3.05) is 26.4 Å². The molecule has 0 bridgehead atoms. The number of carbonyl (C=O) groups is 1. The van der Waals surface area contributed by atoms with Crippen molar-refractivity contribution < 1.29 is 28.2 Å². The first-order valence-electron chi connectivity index (χ1n) is 13.9. The number of hydrogen-bond donors (Lipinski definition) is 3. The Balaban J connectivity index is 1.65. The van der Waals surface area contributed by atoms with Gasteiger partial charge in [-0.1, -0.05) is 0 Å². The van der Waals surface area contributed by atoms with Crippen LogP contribution in [-0.4, -0.2) is 53.8 Å². The van der Waals surface area contributed by atoms with Gasteiger partial charge in [0, 0.05) is 0 Å². The average Bonchev–Trinajstić information content (AvgIpc) is 3.56. The number of carbonyl (C=O) groups excluding carboxylic acids is 1. The first kappa shape index (κ1) is 31.8. The number of nitrogens with one attached hydrogen (secondary N) is 1. The van der Waals surface area contributed by atoms with E-state index < -0.39 is 13.4 Å². The van der Waals surface area contributed by atoms with Crippen molar-refractivity contribution >= 4 is 19.2 Å². The molecule has 0 amide bonds. The summed E-state index contributed by atoms with van der Waals surface area (Å²) in [5, 5.41) is 2.87. The summed E-state index contributed by atoms with van der Waals surface area (Å²) in [4.78, 5) is 28.4. The molecule has 0 radical (unpaired) electrons. The number of aliphatic imine (C=N–C) groups is 1.